The first-order chi connectivity index (χ1) is 18.9. The fourth-order valence-electron chi connectivity index (χ4n) is 4.53. The first-order valence-corrected chi connectivity index (χ1v) is 12.0. The van der Waals surface area contributed by atoms with Crippen molar-refractivity contribution in [3.63, 3.8) is 0 Å². The summed E-state index contributed by atoms with van der Waals surface area (Å²) in [7, 11) is 1.58. The number of fused-ring (bicyclic) bond motifs is 2. The molecule has 0 aliphatic heterocycles. The number of ether oxygens (including phenoxy) is 1. The average Bonchev–Trinajstić information content (AvgIpc) is 3.60. The van der Waals surface area contributed by atoms with E-state index in [2.05, 4.69) is 10.1 Å². The van der Waals surface area contributed by atoms with Crippen LogP contribution in [0, 0.1) is 6.92 Å². The van der Waals surface area contributed by atoms with Gasteiger partial charge < -0.3 is 18.7 Å². The van der Waals surface area contributed by atoms with E-state index in [1.165, 1.54) is 10.9 Å². The second-order valence-electron chi connectivity index (χ2n) is 8.78. The molecule has 0 aliphatic rings. The Morgan fingerprint density at radius 1 is 0.974 bits per heavy atom. The van der Waals surface area contributed by atoms with E-state index in [-0.39, 0.29) is 16.9 Å². The predicted molar refractivity (Wildman–Crippen MR) is 147 cm³/mol. The lowest BCUT2D eigenvalue weighted by molar-refractivity contribution is 0.0696. The van der Waals surface area contributed by atoms with Crippen molar-refractivity contribution in [2.24, 2.45) is 5.10 Å². The van der Waals surface area contributed by atoms with Crippen LogP contribution >= 0.6 is 0 Å². The summed E-state index contributed by atoms with van der Waals surface area (Å²) in [4.78, 5) is 29.7. The molecule has 3 aromatic carbocycles. The molecular weight excluding hydrogens is 498 g/mol. The molecule has 3 heterocycles. The van der Waals surface area contributed by atoms with Crippen LogP contribution in [0.2, 0.25) is 0 Å². The summed E-state index contributed by atoms with van der Waals surface area (Å²) in [5.74, 6) is 1.02. The Balaban J connectivity index is 1.46. The van der Waals surface area contributed by atoms with Crippen molar-refractivity contribution in [3.05, 3.63) is 106 Å². The number of para-hydroxylation sites is 1. The second-order valence-corrected chi connectivity index (χ2v) is 8.78. The van der Waals surface area contributed by atoms with Crippen LogP contribution in [-0.2, 0) is 0 Å². The normalized spacial score (nSPS) is 11.5. The Morgan fingerprint density at radius 2 is 1.79 bits per heavy atom. The van der Waals surface area contributed by atoms with Crippen LogP contribution in [0.15, 0.2) is 97.6 Å². The summed E-state index contributed by atoms with van der Waals surface area (Å²) in [6, 6.07) is 22.6. The quantitative estimate of drug-likeness (QED) is 0.269. The third-order valence-corrected chi connectivity index (χ3v) is 6.47. The molecule has 0 bridgehead atoms. The van der Waals surface area contributed by atoms with E-state index in [1.807, 2.05) is 12.1 Å². The van der Waals surface area contributed by atoms with E-state index < -0.39 is 5.97 Å². The lowest BCUT2D eigenvalue weighted by Gasteiger charge is -2.07. The van der Waals surface area contributed by atoms with Crippen molar-refractivity contribution in [2.75, 3.05) is 7.11 Å². The Morgan fingerprint density at radius 3 is 2.62 bits per heavy atom. The lowest BCUT2D eigenvalue weighted by atomic mass is 10.0. The lowest BCUT2D eigenvalue weighted by Crippen LogP contribution is -2.20. The fraction of sp³-hybridized carbons (Fsp3) is 0.0667. The van der Waals surface area contributed by atoms with Crippen LogP contribution in [0.25, 0.3) is 44.8 Å². The molecule has 0 saturated heterocycles. The predicted octanol–water partition coefficient (Wildman–Crippen LogP) is 5.97. The topological polar surface area (TPSA) is 120 Å². The minimum atomic E-state index is -1.01. The Labute approximate surface area is 221 Å². The van der Waals surface area contributed by atoms with Gasteiger partial charge >= 0.3 is 5.97 Å². The van der Waals surface area contributed by atoms with Gasteiger partial charge in [-0.2, -0.15) is 9.78 Å². The van der Waals surface area contributed by atoms with Gasteiger partial charge in [-0.25, -0.2) is 9.78 Å². The zero-order valence-electron chi connectivity index (χ0n) is 20.9. The summed E-state index contributed by atoms with van der Waals surface area (Å²) in [5, 5.41) is 15.0. The smallest absolute Gasteiger partial charge is 0.335 e. The number of rotatable bonds is 6. The highest BCUT2D eigenvalue weighted by molar-refractivity contribution is 5.92. The van der Waals surface area contributed by atoms with E-state index >= 15 is 0 Å². The number of aromatic carboxylic acids is 1. The molecule has 0 unspecified atom stereocenters. The largest absolute Gasteiger partial charge is 0.496 e. The van der Waals surface area contributed by atoms with Gasteiger partial charge in [-0.1, -0.05) is 30.3 Å². The molecule has 0 amide bonds. The van der Waals surface area contributed by atoms with Gasteiger partial charge in [-0.05, 0) is 61.0 Å². The van der Waals surface area contributed by atoms with Gasteiger partial charge in [0.05, 0.1) is 35.2 Å². The summed E-state index contributed by atoms with van der Waals surface area (Å²) in [6.45, 7) is 1.73. The molecule has 6 aromatic rings. The molecule has 9 nitrogen and oxygen atoms in total. The number of carboxylic acids is 1. The van der Waals surface area contributed by atoms with Crippen LogP contribution in [0.1, 0.15) is 21.7 Å². The molecule has 0 saturated carbocycles. The van der Waals surface area contributed by atoms with E-state index in [1.54, 1.807) is 80.8 Å². The molecule has 0 fully saturated rings. The molecule has 192 valence electrons. The van der Waals surface area contributed by atoms with Crippen LogP contribution in [0.4, 0.5) is 0 Å². The first-order valence-electron chi connectivity index (χ1n) is 12.0. The van der Waals surface area contributed by atoms with Crippen molar-refractivity contribution >= 4 is 34.1 Å². The van der Waals surface area contributed by atoms with Gasteiger partial charge in [-0.15, -0.1) is 0 Å². The van der Waals surface area contributed by atoms with E-state index in [0.29, 0.717) is 50.6 Å². The average molecular weight is 520 g/mol. The van der Waals surface area contributed by atoms with E-state index in [9.17, 15) is 14.7 Å². The number of benzene rings is 3. The molecule has 9 heteroatoms. The second kappa shape index (κ2) is 9.46. The maximum Gasteiger partial charge on any atom is 0.335 e. The molecule has 3 aromatic heterocycles. The number of carbonyl (C=O) groups is 1. The van der Waals surface area contributed by atoms with Gasteiger partial charge in [0.25, 0.3) is 5.56 Å². The summed E-state index contributed by atoms with van der Waals surface area (Å²) < 4.78 is 18.6. The van der Waals surface area contributed by atoms with Crippen molar-refractivity contribution in [1.82, 2.24) is 9.66 Å². The number of aromatic nitrogens is 2. The monoisotopic (exact) mass is 519 g/mol. The minimum Gasteiger partial charge on any atom is -0.496 e. The highest BCUT2D eigenvalue weighted by Gasteiger charge is 2.18. The number of methoxy groups -OCH3 is 1. The van der Waals surface area contributed by atoms with Gasteiger partial charge in [0, 0.05) is 5.56 Å². The zero-order valence-corrected chi connectivity index (χ0v) is 20.9. The van der Waals surface area contributed by atoms with Crippen LogP contribution in [0.3, 0.4) is 0 Å². The maximum absolute atomic E-state index is 13.5. The van der Waals surface area contributed by atoms with Crippen LogP contribution in [-0.4, -0.2) is 34.1 Å². The van der Waals surface area contributed by atoms with Gasteiger partial charge in [0.1, 0.15) is 22.9 Å². The highest BCUT2D eigenvalue weighted by Crippen LogP contribution is 2.33. The Kier molecular flexibility index (Phi) is 5.80. The van der Waals surface area contributed by atoms with Crippen molar-refractivity contribution in [2.45, 2.75) is 6.92 Å². The molecule has 0 atom stereocenters. The molecule has 0 spiro atoms. The zero-order chi connectivity index (χ0) is 27.1. The summed E-state index contributed by atoms with van der Waals surface area (Å²) >= 11 is 0. The number of furan rings is 2. The molecule has 0 radical (unpaired) electrons. The highest BCUT2D eigenvalue weighted by atomic mass is 16.5. The maximum atomic E-state index is 13.5. The van der Waals surface area contributed by atoms with Crippen molar-refractivity contribution in [1.29, 1.82) is 0 Å². The number of hydrogen-bond donors (Lipinski definition) is 1. The third kappa shape index (κ3) is 4.15. The van der Waals surface area contributed by atoms with Gasteiger partial charge in [0.15, 0.2) is 5.76 Å². The SMILES string of the molecule is COc1cccc2oc(-c3nc4ccccc4c(=O)n3N=Cc3ccc(-c4cccc(C(=O)O)c4C)o3)cc12. The summed E-state index contributed by atoms with van der Waals surface area (Å²) in [5.41, 5.74) is 2.13. The molecule has 39 heavy (non-hydrogen) atoms. The van der Waals surface area contributed by atoms with Gasteiger partial charge in [0.2, 0.25) is 5.82 Å². The van der Waals surface area contributed by atoms with E-state index in [0.717, 1.165) is 5.39 Å². The number of nitrogens with zero attached hydrogens (tertiary/aromatic N) is 3. The van der Waals surface area contributed by atoms with Crippen LogP contribution < -0.4 is 10.3 Å². The van der Waals surface area contributed by atoms with Crippen LogP contribution in [0.5, 0.6) is 5.75 Å². The Hall–Kier alpha value is -5.44. The third-order valence-electron chi connectivity index (χ3n) is 6.47. The fourth-order valence-corrected chi connectivity index (χ4v) is 4.53. The minimum absolute atomic E-state index is 0.194. The molecular formula is C30H21N3O6. The first kappa shape index (κ1) is 23.9. The molecule has 0 aliphatic carbocycles. The summed E-state index contributed by atoms with van der Waals surface area (Å²) in [6.07, 6.45) is 1.41. The van der Waals surface area contributed by atoms with Crippen molar-refractivity contribution < 1.29 is 23.5 Å². The number of carboxylic acid groups (broad SMARTS) is 1. The standard InChI is InChI=1S/C30H21N3O6/c1-17-19(8-5-9-20(17)30(35)36)26-14-13-18(38-26)16-31-33-28(32-23-10-4-3-7-21(23)29(33)34)27-15-22-24(37-2)11-6-12-25(22)39-27/h3-16H,1-2H3,(H,35,36). The van der Waals surface area contributed by atoms with Gasteiger partial charge in [-0.3, -0.25) is 4.79 Å². The van der Waals surface area contributed by atoms with E-state index in [4.69, 9.17) is 13.6 Å². The number of hydrogen-bond acceptors (Lipinski definition) is 7. The molecule has 6 rings (SSSR count). The van der Waals surface area contributed by atoms with Crippen molar-refractivity contribution in [3.8, 4) is 28.7 Å². The molecule has 1 N–H and O–H groups in total. The Bertz CT molecular complexity index is 1980.